The van der Waals surface area contributed by atoms with Crippen molar-refractivity contribution >= 4 is 23.4 Å². The number of hydrogen-bond donors (Lipinski definition) is 2. The highest BCUT2D eigenvalue weighted by Crippen LogP contribution is 2.32. The molecule has 9 nitrogen and oxygen atoms in total. The highest BCUT2D eigenvalue weighted by Gasteiger charge is 2.19. The number of nitrogens with one attached hydrogen (secondary N) is 1. The van der Waals surface area contributed by atoms with Crippen molar-refractivity contribution in [1.29, 1.82) is 0 Å². The Bertz CT molecular complexity index is 1280. The summed E-state index contributed by atoms with van der Waals surface area (Å²) in [6.45, 7) is 0. The van der Waals surface area contributed by atoms with E-state index < -0.39 is 5.82 Å². The number of rotatable bonds is 8. The van der Waals surface area contributed by atoms with Gasteiger partial charge in [-0.2, -0.15) is 0 Å². The quantitative estimate of drug-likeness (QED) is 0.380. The molecule has 0 saturated heterocycles. The fourth-order valence-electron chi connectivity index (χ4n) is 3.10. The van der Waals surface area contributed by atoms with E-state index in [1.807, 2.05) is 24.5 Å². The molecule has 4 aromatic rings. The van der Waals surface area contributed by atoms with Gasteiger partial charge in [-0.25, -0.2) is 9.07 Å². The van der Waals surface area contributed by atoms with Crippen LogP contribution in [0.1, 0.15) is 0 Å². The van der Waals surface area contributed by atoms with E-state index in [0.717, 1.165) is 0 Å². The lowest BCUT2D eigenvalue weighted by Crippen LogP contribution is -2.16. The smallest absolute Gasteiger partial charge is 0.234 e. The van der Waals surface area contributed by atoms with E-state index in [1.54, 1.807) is 21.5 Å². The molecule has 0 aliphatic heterocycles. The number of phenols is 1. The zero-order valence-electron chi connectivity index (χ0n) is 17.7. The molecule has 0 spiro atoms. The molecule has 2 N–H and O–H groups in total. The Hall–Kier alpha value is -3.99. The Morgan fingerprint density at radius 1 is 1.09 bits per heavy atom. The number of benzene rings is 2. The third-order valence-corrected chi connectivity index (χ3v) is 5.56. The van der Waals surface area contributed by atoms with Gasteiger partial charge in [0.05, 0.1) is 25.7 Å². The van der Waals surface area contributed by atoms with Crippen molar-refractivity contribution in [3.8, 4) is 28.6 Å². The molecule has 0 bridgehead atoms. The number of carbonyl (C=O) groups excluding carboxylic acids is 1. The fourth-order valence-corrected chi connectivity index (χ4v) is 3.84. The molecular weight excluding hydrogens is 449 g/mol. The Labute approximate surface area is 192 Å². The van der Waals surface area contributed by atoms with Crippen molar-refractivity contribution in [3.63, 3.8) is 0 Å². The summed E-state index contributed by atoms with van der Waals surface area (Å²) in [5.74, 6) is 0.281. The van der Waals surface area contributed by atoms with Crippen LogP contribution in [0.2, 0.25) is 0 Å². The second-order valence-electron chi connectivity index (χ2n) is 6.75. The van der Waals surface area contributed by atoms with Gasteiger partial charge in [-0.05, 0) is 42.5 Å². The third kappa shape index (κ3) is 4.77. The van der Waals surface area contributed by atoms with Gasteiger partial charge in [-0.3, -0.25) is 9.47 Å². The Morgan fingerprint density at radius 3 is 2.58 bits per heavy atom. The molecule has 170 valence electrons. The Kier molecular flexibility index (Phi) is 6.50. The number of methoxy groups -OCH3 is 2. The topological polar surface area (TPSA) is 103 Å². The van der Waals surface area contributed by atoms with Crippen LogP contribution in [0.5, 0.6) is 17.2 Å². The van der Waals surface area contributed by atoms with Gasteiger partial charge in [-0.15, -0.1) is 10.2 Å². The van der Waals surface area contributed by atoms with E-state index in [9.17, 15) is 14.3 Å². The average molecular weight is 469 g/mol. The second-order valence-corrected chi connectivity index (χ2v) is 7.69. The van der Waals surface area contributed by atoms with Crippen LogP contribution in [0.25, 0.3) is 11.4 Å². The minimum Gasteiger partial charge on any atom is -0.504 e. The third-order valence-electron chi connectivity index (χ3n) is 4.64. The summed E-state index contributed by atoms with van der Waals surface area (Å²) in [4.78, 5) is 12.5. The van der Waals surface area contributed by atoms with E-state index in [1.165, 1.54) is 50.2 Å². The van der Waals surface area contributed by atoms with Gasteiger partial charge in [0.2, 0.25) is 11.1 Å². The fraction of sp³-hybridized carbons (Fsp3) is 0.136. The molecule has 11 heteroatoms. The highest BCUT2D eigenvalue weighted by atomic mass is 32.2. The lowest BCUT2D eigenvalue weighted by molar-refractivity contribution is -0.113. The first kappa shape index (κ1) is 22.2. The molecule has 2 heterocycles. The monoisotopic (exact) mass is 469 g/mol. The lowest BCUT2D eigenvalue weighted by atomic mass is 10.2. The number of ether oxygens (including phenoxy) is 2. The van der Waals surface area contributed by atoms with Crippen molar-refractivity contribution in [2.24, 2.45) is 0 Å². The van der Waals surface area contributed by atoms with E-state index >= 15 is 0 Å². The Morgan fingerprint density at radius 2 is 1.85 bits per heavy atom. The molecule has 0 atom stereocenters. The number of anilines is 1. The van der Waals surface area contributed by atoms with Crippen molar-refractivity contribution < 1.29 is 23.8 Å². The van der Waals surface area contributed by atoms with Gasteiger partial charge in [0.1, 0.15) is 11.6 Å². The summed E-state index contributed by atoms with van der Waals surface area (Å²) in [6, 6.07) is 12.4. The maximum absolute atomic E-state index is 13.4. The average Bonchev–Trinajstić information content (AvgIpc) is 3.49. The summed E-state index contributed by atoms with van der Waals surface area (Å²) >= 11 is 1.18. The van der Waals surface area contributed by atoms with Crippen LogP contribution in [0.4, 0.5) is 10.1 Å². The van der Waals surface area contributed by atoms with Crippen LogP contribution in [0.3, 0.4) is 0 Å². The van der Waals surface area contributed by atoms with Crippen LogP contribution < -0.4 is 14.8 Å². The van der Waals surface area contributed by atoms with E-state index in [2.05, 4.69) is 15.5 Å². The van der Waals surface area contributed by atoms with Crippen molar-refractivity contribution in [3.05, 3.63) is 66.7 Å². The molecule has 0 unspecified atom stereocenters. The summed E-state index contributed by atoms with van der Waals surface area (Å²) in [6.07, 6.45) is 3.63. The maximum atomic E-state index is 13.4. The largest absolute Gasteiger partial charge is 0.504 e. The second kappa shape index (κ2) is 9.65. The summed E-state index contributed by atoms with van der Waals surface area (Å²) in [5, 5.41) is 21.6. The van der Waals surface area contributed by atoms with Gasteiger partial charge in [0, 0.05) is 24.0 Å². The summed E-state index contributed by atoms with van der Waals surface area (Å²) in [7, 11) is 2.87. The maximum Gasteiger partial charge on any atom is 0.234 e. The number of hydrogen-bond acceptors (Lipinski definition) is 7. The molecule has 0 aliphatic rings. The predicted octanol–water partition coefficient (Wildman–Crippen LogP) is 3.65. The van der Waals surface area contributed by atoms with Gasteiger partial charge >= 0.3 is 0 Å². The number of aromatic hydroxyl groups is 1. The van der Waals surface area contributed by atoms with E-state index in [0.29, 0.717) is 28.0 Å². The standard InChI is InChI=1S/C22H20FN5O4S/c1-31-18-12-15(23)6-7-16(18)24-20(30)13-33-22-26-25-21(28(22)27-9-3-4-10-27)14-5-8-17(29)19(11-14)32-2/h3-12,29H,13H2,1-2H3,(H,24,30). The van der Waals surface area contributed by atoms with Crippen LogP contribution in [0.15, 0.2) is 66.1 Å². The normalized spacial score (nSPS) is 10.8. The van der Waals surface area contributed by atoms with Gasteiger partial charge in [0.15, 0.2) is 17.3 Å². The van der Waals surface area contributed by atoms with Crippen LogP contribution in [-0.4, -0.2) is 50.5 Å². The number of halogens is 1. The molecule has 2 aromatic heterocycles. The number of aromatic nitrogens is 4. The van der Waals surface area contributed by atoms with Gasteiger partial charge in [-0.1, -0.05) is 11.8 Å². The molecule has 0 radical (unpaired) electrons. The zero-order valence-corrected chi connectivity index (χ0v) is 18.5. The molecular formula is C22H20FN5O4S. The SMILES string of the molecule is COc1cc(-c2nnc(SCC(=O)Nc3ccc(F)cc3OC)n2-n2cccc2)ccc1O. The highest BCUT2D eigenvalue weighted by molar-refractivity contribution is 7.99. The number of phenolic OH excluding ortho intramolecular Hbond substituents is 1. The summed E-state index contributed by atoms with van der Waals surface area (Å²) in [5.41, 5.74) is 1.03. The minimum absolute atomic E-state index is 0.00997. The number of thioether (sulfide) groups is 1. The molecule has 1 amide bonds. The minimum atomic E-state index is -0.461. The molecule has 2 aromatic carbocycles. The van der Waals surface area contributed by atoms with E-state index in [-0.39, 0.29) is 23.2 Å². The van der Waals surface area contributed by atoms with Gasteiger partial charge < -0.3 is 19.9 Å². The first-order chi connectivity index (χ1) is 16.0. The van der Waals surface area contributed by atoms with Gasteiger partial charge in [0.25, 0.3) is 0 Å². The predicted molar refractivity (Wildman–Crippen MR) is 121 cm³/mol. The van der Waals surface area contributed by atoms with Crippen molar-refractivity contribution in [1.82, 2.24) is 19.5 Å². The van der Waals surface area contributed by atoms with Crippen LogP contribution in [-0.2, 0) is 4.79 Å². The molecule has 0 saturated carbocycles. The Balaban J connectivity index is 1.58. The van der Waals surface area contributed by atoms with Crippen molar-refractivity contribution in [2.75, 3.05) is 25.3 Å². The lowest BCUT2D eigenvalue weighted by Gasteiger charge is -2.13. The zero-order chi connectivity index (χ0) is 23.4. The van der Waals surface area contributed by atoms with Crippen molar-refractivity contribution in [2.45, 2.75) is 5.16 Å². The first-order valence-corrected chi connectivity index (χ1v) is 10.7. The molecule has 33 heavy (non-hydrogen) atoms. The number of nitrogens with zero attached hydrogens (tertiary/aromatic N) is 4. The summed E-state index contributed by atoms with van der Waals surface area (Å²) < 4.78 is 27.2. The molecule has 0 aliphatic carbocycles. The van der Waals surface area contributed by atoms with Crippen LogP contribution >= 0.6 is 11.8 Å². The van der Waals surface area contributed by atoms with Crippen LogP contribution in [0, 0.1) is 5.82 Å². The first-order valence-electron chi connectivity index (χ1n) is 9.72. The van der Waals surface area contributed by atoms with E-state index in [4.69, 9.17) is 9.47 Å². The number of carbonyl (C=O) groups is 1. The molecule has 4 rings (SSSR count). The molecule has 0 fully saturated rings. The number of amides is 1.